The summed E-state index contributed by atoms with van der Waals surface area (Å²) in [6.07, 6.45) is 6.28. The van der Waals surface area contributed by atoms with Crippen molar-refractivity contribution in [2.45, 2.75) is 96.2 Å². The van der Waals surface area contributed by atoms with Crippen LogP contribution in [-0.2, 0) is 58.7 Å². The van der Waals surface area contributed by atoms with Crippen LogP contribution in [0.2, 0.25) is 0 Å². The average Bonchev–Trinajstić information content (AvgIpc) is 3.90. The summed E-state index contributed by atoms with van der Waals surface area (Å²) in [6.45, 7) is 5.42. The molecule has 4 fully saturated rings. The van der Waals surface area contributed by atoms with Crippen molar-refractivity contribution >= 4 is 54.6 Å². The third kappa shape index (κ3) is 9.09. The maximum Gasteiger partial charge on any atom is 0.470 e. The van der Waals surface area contributed by atoms with E-state index in [2.05, 4.69) is 16.0 Å². The van der Waals surface area contributed by atoms with Crippen molar-refractivity contribution in [3.05, 3.63) is 95.6 Å². The van der Waals surface area contributed by atoms with Gasteiger partial charge in [0.1, 0.15) is 37.6 Å². The molecule has 19 nitrogen and oxygen atoms in total. The van der Waals surface area contributed by atoms with E-state index in [9.17, 15) is 53.0 Å². The second kappa shape index (κ2) is 18.1. The number of ketones is 2. The molecule has 0 bridgehead atoms. The zero-order valence-corrected chi connectivity index (χ0v) is 38.1. The van der Waals surface area contributed by atoms with Gasteiger partial charge in [-0.3, -0.25) is 43.0 Å². The molecule has 67 heavy (non-hydrogen) atoms. The summed E-state index contributed by atoms with van der Waals surface area (Å²) >= 11 is 0. The number of imide groups is 1. The fourth-order valence-electron chi connectivity index (χ4n) is 11.3. The third-order valence-corrected chi connectivity index (χ3v) is 15.0. The number of benzene rings is 2. The molecule has 0 spiro atoms. The van der Waals surface area contributed by atoms with Gasteiger partial charge in [0.25, 0.3) is 11.8 Å². The molecular weight excluding hydrogens is 892 g/mol. The molecule has 20 heteroatoms. The lowest BCUT2D eigenvalue weighted by Gasteiger charge is -2.59. The second-order valence-corrected chi connectivity index (χ2v) is 19.8. The number of nitrogens with zero attached hydrogens (tertiary/aromatic N) is 1. The van der Waals surface area contributed by atoms with Crippen LogP contribution in [0.5, 0.6) is 5.75 Å². The second-order valence-electron chi connectivity index (χ2n) is 18.6. The van der Waals surface area contributed by atoms with E-state index in [0.29, 0.717) is 36.3 Å². The van der Waals surface area contributed by atoms with Crippen LogP contribution in [0.3, 0.4) is 0 Å². The predicted molar refractivity (Wildman–Crippen MR) is 235 cm³/mol. The lowest BCUT2D eigenvalue weighted by molar-refractivity contribution is -0.200. The monoisotopic (exact) mass is 944 g/mol. The number of nitrogens with one attached hydrogen (secondary N) is 3. The van der Waals surface area contributed by atoms with Gasteiger partial charge in [0.05, 0.1) is 12.2 Å². The Kier molecular flexibility index (Phi) is 12.9. The molecule has 5 amide bonds. The van der Waals surface area contributed by atoms with Crippen LogP contribution in [0.1, 0.15) is 70.8 Å². The van der Waals surface area contributed by atoms with Crippen LogP contribution in [0.25, 0.3) is 0 Å². The number of aliphatic hydroxyl groups excluding tert-OH is 1. The van der Waals surface area contributed by atoms with Gasteiger partial charge >= 0.3 is 7.82 Å². The number of ether oxygens (including phenoxy) is 3. The normalized spacial score (nSPS) is 31.5. The lowest BCUT2D eigenvalue weighted by atomic mass is 9.46. The van der Waals surface area contributed by atoms with Crippen molar-refractivity contribution < 1.29 is 71.8 Å². The van der Waals surface area contributed by atoms with Crippen molar-refractivity contribution in [3.63, 3.8) is 0 Å². The molecule has 0 radical (unpaired) electrons. The van der Waals surface area contributed by atoms with E-state index in [4.69, 9.17) is 18.7 Å². The summed E-state index contributed by atoms with van der Waals surface area (Å²) in [6, 6.07) is 11.6. The van der Waals surface area contributed by atoms with Crippen molar-refractivity contribution in [2.24, 2.45) is 28.6 Å². The number of amides is 5. The number of fused-ring (bicyclic) bond motifs is 7. The van der Waals surface area contributed by atoms with Crippen LogP contribution in [-0.4, -0.2) is 104 Å². The molecule has 2 aromatic carbocycles. The number of Topliss-reactive ketones (excluding diaryl/α,β-unsaturated/α-hetero) is 1. The Morgan fingerprint density at radius 3 is 2.36 bits per heavy atom. The van der Waals surface area contributed by atoms with Crippen LogP contribution < -0.4 is 20.7 Å². The number of rotatable bonds is 15. The third-order valence-electron chi connectivity index (χ3n) is 14.5. The number of anilines is 1. The number of phosphoric acid groups is 1. The molecular formula is C47H53N4O15P. The fourth-order valence-corrected chi connectivity index (χ4v) is 11.6. The number of phosphoric ester groups is 1. The summed E-state index contributed by atoms with van der Waals surface area (Å²) in [7, 11) is -5.04. The Bertz CT molecular complexity index is 2520. The minimum atomic E-state index is -5.04. The smallest absolute Gasteiger partial charge is 0.470 e. The molecule has 0 unspecified atom stereocenters. The SMILES string of the molecule is C[C@H](NC(=O)CN1C(=O)C=CC1=O)C(=O)N[C@@H](C)C(=O)Nc1cccc(OCc2ccc([C@@H]3O[C@@H]4C[C@H]5[C@@H]6CCC7=CC(=O)C=C[C@]7(C)[C@H]6[C@@H](O)C[C@]5(C)[C@]4(C(=O)COP(=O)(O)O)O3)cc2)c1. The molecule has 3 saturated carbocycles. The first-order chi connectivity index (χ1) is 31.6. The summed E-state index contributed by atoms with van der Waals surface area (Å²) < 4.78 is 35.9. The van der Waals surface area contributed by atoms with Crippen molar-refractivity contribution in [3.8, 4) is 5.75 Å². The molecule has 4 aliphatic carbocycles. The number of carbonyl (C=O) groups is 7. The van der Waals surface area contributed by atoms with Gasteiger partial charge in [0, 0.05) is 46.2 Å². The zero-order chi connectivity index (χ0) is 48.2. The molecule has 356 valence electrons. The summed E-state index contributed by atoms with van der Waals surface area (Å²) in [5, 5.41) is 19.7. The van der Waals surface area contributed by atoms with E-state index < -0.39 is 103 Å². The Labute approximate surface area is 385 Å². The number of carbonyl (C=O) groups excluding carboxylic acids is 7. The van der Waals surface area contributed by atoms with Gasteiger partial charge in [0.15, 0.2) is 23.5 Å². The van der Waals surface area contributed by atoms with E-state index >= 15 is 0 Å². The topological polar surface area (TPSA) is 273 Å². The van der Waals surface area contributed by atoms with Gasteiger partial charge < -0.3 is 45.1 Å². The first-order valence-corrected chi connectivity index (χ1v) is 23.6. The van der Waals surface area contributed by atoms with Crippen LogP contribution in [0.15, 0.2) is 84.5 Å². The van der Waals surface area contributed by atoms with E-state index in [0.717, 1.165) is 28.2 Å². The van der Waals surface area contributed by atoms with E-state index in [1.807, 2.05) is 19.9 Å². The molecule has 6 N–H and O–H groups in total. The van der Waals surface area contributed by atoms with Gasteiger partial charge in [-0.2, -0.15) is 0 Å². The van der Waals surface area contributed by atoms with Crippen LogP contribution in [0.4, 0.5) is 5.69 Å². The summed E-state index contributed by atoms with van der Waals surface area (Å²) in [5.74, 6) is -4.06. The van der Waals surface area contributed by atoms with Gasteiger partial charge in [-0.25, -0.2) is 4.57 Å². The highest BCUT2D eigenvalue weighted by molar-refractivity contribution is 7.46. The zero-order valence-electron chi connectivity index (χ0n) is 37.2. The highest BCUT2D eigenvalue weighted by Gasteiger charge is 2.76. The van der Waals surface area contributed by atoms with Crippen LogP contribution >= 0.6 is 7.82 Å². The van der Waals surface area contributed by atoms with Crippen molar-refractivity contribution in [1.29, 1.82) is 0 Å². The highest BCUT2D eigenvalue weighted by atomic mass is 31.2. The standard InChI is InChI=1S/C47H53N4O15P/c1-25(48-38(55)22-51-39(56)14-15-40(51)57)42(58)49-26(2)43(59)50-30-6-5-7-32(19-30)63-23-27-8-10-28(11-9-27)44-65-37-20-34-33-13-12-29-18-31(52)16-17-45(29,3)41(33)35(53)21-46(34,4)47(37,66-44)36(54)24-64-67(60,61)62/h5-11,14-19,25-26,33-35,37,41,44,53H,12-13,20-24H2,1-4H3,(H,48,55)(H,49,58)(H,50,59)(H2,60,61,62)/t25-,26-,33-,34-,35-,37+,41+,44+,45-,46-,47+/m0/s1. The van der Waals surface area contributed by atoms with Crippen molar-refractivity contribution in [2.75, 3.05) is 18.5 Å². The molecule has 11 atom stereocenters. The molecule has 2 heterocycles. The van der Waals surface area contributed by atoms with E-state index in [1.54, 1.807) is 60.7 Å². The maximum atomic E-state index is 14.4. The minimum absolute atomic E-state index is 0.0733. The molecule has 2 aliphatic heterocycles. The van der Waals surface area contributed by atoms with Gasteiger partial charge in [-0.15, -0.1) is 0 Å². The number of aliphatic hydroxyl groups is 1. The summed E-state index contributed by atoms with van der Waals surface area (Å²) in [5.41, 5.74) is -0.611. The maximum absolute atomic E-state index is 14.4. The first-order valence-electron chi connectivity index (χ1n) is 22.1. The number of hydrogen-bond acceptors (Lipinski definition) is 13. The Morgan fingerprint density at radius 1 is 0.955 bits per heavy atom. The largest absolute Gasteiger partial charge is 0.489 e. The summed E-state index contributed by atoms with van der Waals surface area (Å²) in [4.78, 5) is 108. The van der Waals surface area contributed by atoms with E-state index in [-0.39, 0.29) is 36.6 Å². The molecule has 1 saturated heterocycles. The van der Waals surface area contributed by atoms with Gasteiger partial charge in [0.2, 0.25) is 17.7 Å². The fraction of sp³-hybridized carbons (Fsp3) is 0.468. The highest BCUT2D eigenvalue weighted by Crippen LogP contribution is 2.70. The molecule has 8 rings (SSSR count). The molecule has 0 aromatic heterocycles. The average molecular weight is 945 g/mol. The Hall–Kier alpha value is -5.66. The number of hydrogen-bond donors (Lipinski definition) is 6. The van der Waals surface area contributed by atoms with Crippen LogP contribution in [0, 0.1) is 28.6 Å². The molecule has 2 aromatic rings. The lowest BCUT2D eigenvalue weighted by Crippen LogP contribution is -2.63. The Morgan fingerprint density at radius 2 is 1.66 bits per heavy atom. The van der Waals surface area contributed by atoms with Gasteiger partial charge in [-0.1, -0.05) is 55.8 Å². The van der Waals surface area contributed by atoms with E-state index in [1.165, 1.54) is 13.8 Å². The minimum Gasteiger partial charge on any atom is -0.489 e. The number of allylic oxidation sites excluding steroid dienone is 4. The predicted octanol–water partition coefficient (Wildman–Crippen LogP) is 2.86. The molecule has 6 aliphatic rings. The Balaban J connectivity index is 0.888. The quantitative estimate of drug-likeness (QED) is 0.111. The van der Waals surface area contributed by atoms with Crippen molar-refractivity contribution in [1.82, 2.24) is 15.5 Å². The first kappa shape index (κ1) is 47.8. The van der Waals surface area contributed by atoms with Gasteiger partial charge in [-0.05, 0) is 81.2 Å².